The van der Waals surface area contributed by atoms with Crippen LogP contribution in [0.3, 0.4) is 0 Å². The summed E-state index contributed by atoms with van der Waals surface area (Å²) in [6, 6.07) is 3.03. The van der Waals surface area contributed by atoms with Crippen molar-refractivity contribution < 1.29 is 17.6 Å². The summed E-state index contributed by atoms with van der Waals surface area (Å²) in [6.07, 6.45) is -3.78. The van der Waals surface area contributed by atoms with Crippen molar-refractivity contribution in [2.24, 2.45) is 0 Å². The van der Waals surface area contributed by atoms with Gasteiger partial charge in [-0.2, -0.15) is 13.2 Å². The van der Waals surface area contributed by atoms with E-state index in [0.717, 1.165) is 22.7 Å². The predicted octanol–water partition coefficient (Wildman–Crippen LogP) is 4.04. The van der Waals surface area contributed by atoms with Crippen molar-refractivity contribution >= 4 is 16.5 Å². The lowest BCUT2D eigenvalue weighted by atomic mass is 10.1. The zero-order chi connectivity index (χ0) is 14.9. The first-order valence-corrected chi connectivity index (χ1v) is 6.72. The number of benzene rings is 1. The van der Waals surface area contributed by atoms with E-state index in [-0.39, 0.29) is 6.42 Å². The van der Waals surface area contributed by atoms with E-state index in [0.29, 0.717) is 17.1 Å². The minimum absolute atomic E-state index is 0.265. The van der Waals surface area contributed by atoms with Crippen LogP contribution in [-0.4, -0.2) is 4.98 Å². The normalized spacial score (nSPS) is 11.8. The number of hydrogen-bond donors (Lipinski definition) is 1. The molecular weight excluding hydrogens is 292 g/mol. The number of aromatic nitrogens is 1. The van der Waals surface area contributed by atoms with E-state index in [9.17, 15) is 17.6 Å². The fraction of sp³-hybridized carbons (Fsp3) is 0.308. The molecule has 20 heavy (non-hydrogen) atoms. The molecule has 1 heterocycles. The number of rotatable bonds is 3. The van der Waals surface area contributed by atoms with Crippen LogP contribution in [0, 0.1) is 5.82 Å². The molecular formula is C13H12F4N2S. The number of alkyl halides is 3. The van der Waals surface area contributed by atoms with Gasteiger partial charge >= 0.3 is 6.18 Å². The molecule has 2 rings (SSSR count). The Bertz CT molecular complexity index is 619. The second-order valence-corrected chi connectivity index (χ2v) is 5.38. The Hall–Kier alpha value is -1.63. The van der Waals surface area contributed by atoms with Crippen molar-refractivity contribution in [3.05, 3.63) is 45.7 Å². The topological polar surface area (TPSA) is 38.9 Å². The van der Waals surface area contributed by atoms with Crippen molar-refractivity contribution in [3.63, 3.8) is 0 Å². The van der Waals surface area contributed by atoms with Gasteiger partial charge in [0.05, 0.1) is 11.3 Å². The van der Waals surface area contributed by atoms with Crippen molar-refractivity contribution in [1.29, 1.82) is 0 Å². The van der Waals surface area contributed by atoms with Crippen LogP contribution in [0.1, 0.15) is 28.6 Å². The molecule has 0 bridgehead atoms. The van der Waals surface area contributed by atoms with E-state index in [1.807, 2.05) is 6.92 Å². The maximum absolute atomic E-state index is 13.2. The van der Waals surface area contributed by atoms with Crippen LogP contribution >= 0.6 is 11.3 Å². The van der Waals surface area contributed by atoms with Gasteiger partial charge in [0.1, 0.15) is 5.82 Å². The molecule has 2 nitrogen and oxygen atoms in total. The van der Waals surface area contributed by atoms with Gasteiger partial charge in [0.15, 0.2) is 5.13 Å². The predicted molar refractivity (Wildman–Crippen MR) is 70.1 cm³/mol. The van der Waals surface area contributed by atoms with E-state index < -0.39 is 17.6 Å². The molecule has 2 aromatic rings. The number of nitrogens with two attached hydrogens (primary N) is 1. The molecule has 1 aromatic heterocycles. The van der Waals surface area contributed by atoms with Gasteiger partial charge in [-0.1, -0.05) is 13.0 Å². The molecule has 0 unspecified atom stereocenters. The molecule has 108 valence electrons. The van der Waals surface area contributed by atoms with E-state index >= 15 is 0 Å². The Morgan fingerprint density at radius 1 is 1.30 bits per heavy atom. The maximum Gasteiger partial charge on any atom is 0.419 e. The molecule has 0 amide bonds. The second kappa shape index (κ2) is 5.40. The highest BCUT2D eigenvalue weighted by Crippen LogP contribution is 2.33. The average molecular weight is 304 g/mol. The quantitative estimate of drug-likeness (QED) is 0.869. The van der Waals surface area contributed by atoms with Gasteiger partial charge in [-0.05, 0) is 24.1 Å². The molecule has 7 heteroatoms. The fourth-order valence-electron chi connectivity index (χ4n) is 1.90. The summed E-state index contributed by atoms with van der Waals surface area (Å²) in [5.41, 5.74) is 5.51. The Morgan fingerprint density at radius 3 is 2.60 bits per heavy atom. The first-order chi connectivity index (χ1) is 9.31. The zero-order valence-electron chi connectivity index (χ0n) is 10.6. The first kappa shape index (κ1) is 14.8. The minimum Gasteiger partial charge on any atom is -0.375 e. The highest BCUT2D eigenvalue weighted by atomic mass is 32.1. The van der Waals surface area contributed by atoms with Crippen LogP contribution in [0.4, 0.5) is 22.7 Å². The Balaban J connectivity index is 2.35. The number of halogens is 4. The molecule has 0 aliphatic heterocycles. The summed E-state index contributed by atoms with van der Waals surface area (Å²) in [6.45, 7) is 1.89. The van der Waals surface area contributed by atoms with Crippen molar-refractivity contribution in [1.82, 2.24) is 4.98 Å². The summed E-state index contributed by atoms with van der Waals surface area (Å²) >= 11 is 1.24. The molecule has 2 N–H and O–H groups in total. The van der Waals surface area contributed by atoms with E-state index in [1.165, 1.54) is 17.4 Å². The van der Waals surface area contributed by atoms with Gasteiger partial charge in [-0.15, -0.1) is 11.3 Å². The average Bonchev–Trinajstić information content (AvgIpc) is 2.70. The van der Waals surface area contributed by atoms with Crippen LogP contribution in [0.5, 0.6) is 0 Å². The molecule has 0 radical (unpaired) electrons. The van der Waals surface area contributed by atoms with Gasteiger partial charge in [0, 0.05) is 11.3 Å². The van der Waals surface area contributed by atoms with Crippen LogP contribution in [0.25, 0.3) is 0 Å². The fourth-order valence-corrected chi connectivity index (χ4v) is 2.86. The Labute approximate surface area is 117 Å². The molecule has 0 spiro atoms. The molecule has 0 saturated heterocycles. The highest BCUT2D eigenvalue weighted by Gasteiger charge is 2.34. The summed E-state index contributed by atoms with van der Waals surface area (Å²) < 4.78 is 51.1. The number of nitrogen functional groups attached to an aromatic ring is 1. The van der Waals surface area contributed by atoms with Crippen LogP contribution in [0.2, 0.25) is 0 Å². The molecule has 0 aliphatic rings. The number of nitrogens with zero attached hydrogens (tertiary/aromatic N) is 1. The van der Waals surface area contributed by atoms with Crippen molar-refractivity contribution in [3.8, 4) is 0 Å². The largest absolute Gasteiger partial charge is 0.419 e. The lowest BCUT2D eigenvalue weighted by Crippen LogP contribution is -2.09. The number of anilines is 1. The summed E-state index contributed by atoms with van der Waals surface area (Å²) in [5.74, 6) is -1.26. The van der Waals surface area contributed by atoms with Gasteiger partial charge in [-0.3, -0.25) is 0 Å². The van der Waals surface area contributed by atoms with Gasteiger partial charge in [0.2, 0.25) is 0 Å². The third-order valence-electron chi connectivity index (χ3n) is 2.83. The van der Waals surface area contributed by atoms with E-state index in [1.54, 1.807) is 0 Å². The lowest BCUT2D eigenvalue weighted by molar-refractivity contribution is -0.140. The zero-order valence-corrected chi connectivity index (χ0v) is 11.4. The van der Waals surface area contributed by atoms with Crippen molar-refractivity contribution in [2.75, 3.05) is 5.73 Å². The monoisotopic (exact) mass is 304 g/mol. The van der Waals surface area contributed by atoms with Crippen LogP contribution in [0.15, 0.2) is 18.2 Å². The molecule has 0 atom stereocenters. The number of aryl methyl sites for hydroxylation is 1. The van der Waals surface area contributed by atoms with Gasteiger partial charge < -0.3 is 5.73 Å². The van der Waals surface area contributed by atoms with Crippen LogP contribution < -0.4 is 5.73 Å². The van der Waals surface area contributed by atoms with Crippen LogP contribution in [-0.2, 0) is 19.0 Å². The third-order valence-corrected chi connectivity index (χ3v) is 3.76. The summed E-state index contributed by atoms with van der Waals surface area (Å²) in [4.78, 5) is 4.92. The molecule has 0 saturated carbocycles. The highest BCUT2D eigenvalue weighted by molar-refractivity contribution is 7.15. The molecule has 1 aromatic carbocycles. The minimum atomic E-state index is -4.69. The lowest BCUT2D eigenvalue weighted by Gasteiger charge is -2.10. The number of thiazole rings is 1. The SMILES string of the molecule is CCc1nc(N)sc1Cc1ccc(F)c(C(F)(F)F)c1. The van der Waals surface area contributed by atoms with E-state index in [4.69, 9.17) is 5.73 Å². The Morgan fingerprint density at radius 2 is 2.00 bits per heavy atom. The molecule has 0 fully saturated rings. The summed E-state index contributed by atoms with van der Waals surface area (Å²) in [5, 5.41) is 0.384. The standard InChI is InChI=1S/C13H12F4N2S/c1-2-10-11(20-12(18)19-10)6-7-3-4-9(14)8(5-7)13(15,16)17/h3-5H,2,6H2,1H3,(H2,18,19). The van der Waals surface area contributed by atoms with Gasteiger partial charge in [-0.25, -0.2) is 9.37 Å². The maximum atomic E-state index is 13.2. The second-order valence-electron chi connectivity index (χ2n) is 4.26. The number of hydrogen-bond acceptors (Lipinski definition) is 3. The van der Waals surface area contributed by atoms with Crippen molar-refractivity contribution in [2.45, 2.75) is 25.9 Å². The molecule has 0 aliphatic carbocycles. The third kappa shape index (κ3) is 3.09. The van der Waals surface area contributed by atoms with E-state index in [2.05, 4.69) is 4.98 Å². The van der Waals surface area contributed by atoms with Gasteiger partial charge in [0.25, 0.3) is 0 Å². The smallest absolute Gasteiger partial charge is 0.375 e. The Kier molecular flexibility index (Phi) is 3.99. The summed E-state index contributed by atoms with van der Waals surface area (Å²) in [7, 11) is 0. The first-order valence-electron chi connectivity index (χ1n) is 5.91.